The lowest BCUT2D eigenvalue weighted by molar-refractivity contribution is 0.670. The van der Waals surface area contributed by atoms with Gasteiger partial charge in [0.25, 0.3) is 0 Å². The number of aryl methyl sites for hydroxylation is 2. The third kappa shape index (κ3) is 2.42. The van der Waals surface area contributed by atoms with Gasteiger partial charge in [0.05, 0.1) is 11.4 Å². The van der Waals surface area contributed by atoms with Gasteiger partial charge in [-0.15, -0.1) is 22.7 Å². The molecule has 1 N–H and O–H groups in total. The minimum Gasteiger partial charge on any atom is -0.360 e. The lowest BCUT2D eigenvalue weighted by atomic mass is 10.1. The molecule has 3 aromatic rings. The number of hydrogen-bond acceptors (Lipinski definition) is 6. The van der Waals surface area contributed by atoms with Crippen molar-refractivity contribution < 1.29 is 0 Å². The van der Waals surface area contributed by atoms with E-state index in [2.05, 4.69) is 32.6 Å². The van der Waals surface area contributed by atoms with Crippen molar-refractivity contribution >= 4 is 38.7 Å². The Bertz CT molecular complexity index is 774. The van der Waals surface area contributed by atoms with Crippen LogP contribution in [0.1, 0.15) is 35.3 Å². The van der Waals surface area contributed by atoms with E-state index in [1.807, 2.05) is 18.5 Å². The zero-order valence-electron chi connectivity index (χ0n) is 12.0. The molecule has 1 atom stereocenters. The fraction of sp³-hybridized carbons (Fsp3) is 0.400. The standard InChI is InChI=1S/C15H16N4S2/c1-8-7-21-14-11(8)13(17-9(2)18-14)19-12(10-3-4-10)15-16-5-6-20-15/h5-7,10,12H,3-4H2,1-2H3,(H,17,18,19). The largest absolute Gasteiger partial charge is 0.360 e. The molecule has 108 valence electrons. The van der Waals surface area contributed by atoms with Crippen molar-refractivity contribution in [2.24, 2.45) is 5.92 Å². The van der Waals surface area contributed by atoms with Gasteiger partial charge in [-0.05, 0) is 43.6 Å². The third-order valence-electron chi connectivity index (χ3n) is 3.83. The third-order valence-corrected chi connectivity index (χ3v) is 5.68. The quantitative estimate of drug-likeness (QED) is 0.778. The zero-order valence-corrected chi connectivity index (χ0v) is 13.6. The first kappa shape index (κ1) is 13.2. The number of fused-ring (bicyclic) bond motifs is 1. The molecule has 1 unspecified atom stereocenters. The number of aromatic nitrogens is 3. The predicted octanol–water partition coefficient (Wildman–Crippen LogP) is 4.33. The normalized spacial score (nSPS) is 16.3. The average Bonchev–Trinajstić information content (AvgIpc) is 3.01. The second kappa shape index (κ2) is 5.03. The second-order valence-electron chi connectivity index (χ2n) is 5.55. The van der Waals surface area contributed by atoms with Crippen LogP contribution in [0.2, 0.25) is 0 Å². The van der Waals surface area contributed by atoms with Gasteiger partial charge >= 0.3 is 0 Å². The molecule has 1 aliphatic rings. The Morgan fingerprint density at radius 2 is 2.10 bits per heavy atom. The number of hydrogen-bond donors (Lipinski definition) is 1. The van der Waals surface area contributed by atoms with Gasteiger partial charge in [0, 0.05) is 11.6 Å². The van der Waals surface area contributed by atoms with Crippen molar-refractivity contribution in [3.05, 3.63) is 33.4 Å². The lowest BCUT2D eigenvalue weighted by Crippen LogP contribution is -2.14. The summed E-state index contributed by atoms with van der Waals surface area (Å²) >= 11 is 3.41. The molecule has 4 nitrogen and oxygen atoms in total. The fourth-order valence-corrected chi connectivity index (χ4v) is 4.39. The molecule has 1 aliphatic carbocycles. The van der Waals surface area contributed by atoms with Gasteiger partial charge in [0.15, 0.2) is 0 Å². The van der Waals surface area contributed by atoms with Crippen LogP contribution in [0.3, 0.4) is 0 Å². The first-order valence-electron chi connectivity index (χ1n) is 7.11. The number of thiazole rings is 1. The summed E-state index contributed by atoms with van der Waals surface area (Å²) in [5.41, 5.74) is 1.24. The maximum atomic E-state index is 4.66. The minimum atomic E-state index is 0.279. The predicted molar refractivity (Wildman–Crippen MR) is 88.1 cm³/mol. The molecule has 3 heterocycles. The number of rotatable bonds is 4. The van der Waals surface area contributed by atoms with Gasteiger partial charge < -0.3 is 5.32 Å². The molecule has 0 bridgehead atoms. The maximum absolute atomic E-state index is 4.66. The summed E-state index contributed by atoms with van der Waals surface area (Å²) in [6, 6.07) is 0.279. The van der Waals surface area contributed by atoms with E-state index in [0.29, 0.717) is 5.92 Å². The van der Waals surface area contributed by atoms with Crippen LogP contribution in [0.15, 0.2) is 17.0 Å². The van der Waals surface area contributed by atoms with Crippen LogP contribution in [-0.2, 0) is 0 Å². The van der Waals surface area contributed by atoms with Crippen molar-refractivity contribution in [3.63, 3.8) is 0 Å². The Morgan fingerprint density at radius 3 is 2.81 bits per heavy atom. The van der Waals surface area contributed by atoms with Gasteiger partial charge in [-0.2, -0.15) is 0 Å². The van der Waals surface area contributed by atoms with E-state index in [0.717, 1.165) is 26.9 Å². The van der Waals surface area contributed by atoms with E-state index >= 15 is 0 Å². The molecule has 6 heteroatoms. The Hall–Kier alpha value is -1.53. The van der Waals surface area contributed by atoms with Gasteiger partial charge in [-0.3, -0.25) is 0 Å². The summed E-state index contributed by atoms with van der Waals surface area (Å²) in [4.78, 5) is 14.8. The van der Waals surface area contributed by atoms with Crippen LogP contribution in [0.5, 0.6) is 0 Å². The summed E-state index contributed by atoms with van der Waals surface area (Å²) < 4.78 is 0. The molecule has 0 spiro atoms. The summed E-state index contributed by atoms with van der Waals surface area (Å²) in [5, 5.41) is 10.2. The molecule has 0 aromatic carbocycles. The SMILES string of the molecule is Cc1nc(NC(c2nccs2)C2CC2)c2c(C)csc2n1. The van der Waals surface area contributed by atoms with Crippen LogP contribution in [0, 0.1) is 19.8 Å². The van der Waals surface area contributed by atoms with Crippen LogP contribution < -0.4 is 5.32 Å². The van der Waals surface area contributed by atoms with Gasteiger partial charge in [-0.25, -0.2) is 15.0 Å². The Balaban J connectivity index is 1.77. The molecule has 3 aromatic heterocycles. The molecule has 21 heavy (non-hydrogen) atoms. The van der Waals surface area contributed by atoms with Crippen LogP contribution in [-0.4, -0.2) is 15.0 Å². The molecule has 0 amide bonds. The Morgan fingerprint density at radius 1 is 1.24 bits per heavy atom. The molecule has 1 saturated carbocycles. The van der Waals surface area contributed by atoms with E-state index in [1.165, 1.54) is 18.4 Å². The number of nitrogens with one attached hydrogen (secondary N) is 1. The first-order valence-corrected chi connectivity index (χ1v) is 8.86. The van der Waals surface area contributed by atoms with E-state index in [9.17, 15) is 0 Å². The average molecular weight is 316 g/mol. The van der Waals surface area contributed by atoms with E-state index < -0.39 is 0 Å². The highest BCUT2D eigenvalue weighted by molar-refractivity contribution is 7.17. The Kier molecular flexibility index (Phi) is 3.15. The molecule has 0 radical (unpaired) electrons. The van der Waals surface area contributed by atoms with Crippen molar-refractivity contribution in [2.75, 3.05) is 5.32 Å². The number of thiophene rings is 1. The summed E-state index contributed by atoms with van der Waals surface area (Å²) in [5.74, 6) is 2.46. The molecule has 1 fully saturated rings. The molecule has 4 rings (SSSR count). The highest BCUT2D eigenvalue weighted by Gasteiger charge is 2.34. The fourth-order valence-electron chi connectivity index (χ4n) is 2.64. The van der Waals surface area contributed by atoms with Crippen molar-refractivity contribution in [2.45, 2.75) is 32.7 Å². The summed E-state index contributed by atoms with van der Waals surface area (Å²) in [6.07, 6.45) is 4.42. The first-order chi connectivity index (χ1) is 10.2. The zero-order chi connectivity index (χ0) is 14.4. The van der Waals surface area contributed by atoms with E-state index in [-0.39, 0.29) is 6.04 Å². The van der Waals surface area contributed by atoms with Gasteiger partial charge in [-0.1, -0.05) is 0 Å². The van der Waals surface area contributed by atoms with Crippen molar-refractivity contribution in [1.29, 1.82) is 0 Å². The second-order valence-corrected chi connectivity index (χ2v) is 7.33. The monoisotopic (exact) mass is 316 g/mol. The summed E-state index contributed by atoms with van der Waals surface area (Å²) in [6.45, 7) is 4.08. The van der Waals surface area contributed by atoms with Gasteiger partial charge in [0.2, 0.25) is 0 Å². The molecule has 0 saturated heterocycles. The van der Waals surface area contributed by atoms with Crippen molar-refractivity contribution in [3.8, 4) is 0 Å². The highest BCUT2D eigenvalue weighted by Crippen LogP contribution is 2.44. The van der Waals surface area contributed by atoms with Crippen LogP contribution >= 0.6 is 22.7 Å². The van der Waals surface area contributed by atoms with E-state index in [1.54, 1.807) is 22.7 Å². The highest BCUT2D eigenvalue weighted by atomic mass is 32.1. The van der Waals surface area contributed by atoms with Crippen molar-refractivity contribution in [1.82, 2.24) is 15.0 Å². The smallest absolute Gasteiger partial charge is 0.139 e. The minimum absolute atomic E-state index is 0.279. The summed E-state index contributed by atoms with van der Waals surface area (Å²) in [7, 11) is 0. The molecular formula is C15H16N4S2. The molecule has 0 aliphatic heterocycles. The molecular weight excluding hydrogens is 300 g/mol. The van der Waals surface area contributed by atoms with E-state index in [4.69, 9.17) is 0 Å². The van der Waals surface area contributed by atoms with Gasteiger partial charge in [0.1, 0.15) is 21.5 Å². The maximum Gasteiger partial charge on any atom is 0.139 e. The van der Waals surface area contributed by atoms with Crippen LogP contribution in [0.25, 0.3) is 10.2 Å². The van der Waals surface area contributed by atoms with Crippen LogP contribution in [0.4, 0.5) is 5.82 Å². The Labute approximate surface area is 131 Å². The number of nitrogens with zero attached hydrogens (tertiary/aromatic N) is 3. The topological polar surface area (TPSA) is 50.7 Å². The number of anilines is 1. The lowest BCUT2D eigenvalue weighted by Gasteiger charge is -2.17.